The molecular weight excluding hydrogens is 636 g/mol. The number of carboxylic acid groups (broad SMARTS) is 1. The number of ether oxygens (including phenoxy) is 3. The second-order valence-electron chi connectivity index (χ2n) is 13.8. The minimum atomic E-state index is -1.10. The number of anilines is 1. The molecule has 3 aromatic carbocycles. The molecule has 258 valence electrons. The second kappa shape index (κ2) is 16.1. The van der Waals surface area contributed by atoms with E-state index < -0.39 is 11.5 Å². The lowest BCUT2D eigenvalue weighted by Crippen LogP contribution is -2.47. The van der Waals surface area contributed by atoms with Gasteiger partial charge in [0.05, 0.1) is 26.0 Å². The highest BCUT2D eigenvalue weighted by molar-refractivity contribution is 6.30. The van der Waals surface area contributed by atoms with E-state index in [-0.39, 0.29) is 12.0 Å². The van der Waals surface area contributed by atoms with Crippen LogP contribution in [0, 0.1) is 11.8 Å². The normalized spacial score (nSPS) is 21.2. The summed E-state index contributed by atoms with van der Waals surface area (Å²) in [5.41, 5.74) is 5.41. The number of nitrogens with zero attached hydrogens (tertiary/aromatic N) is 1. The van der Waals surface area contributed by atoms with Crippen LogP contribution in [0.25, 0.3) is 0 Å². The molecule has 4 atom stereocenters. The number of aliphatic carboxylic acids is 1. The van der Waals surface area contributed by atoms with E-state index in [2.05, 4.69) is 36.5 Å². The van der Waals surface area contributed by atoms with Gasteiger partial charge in [0.1, 0.15) is 23.1 Å². The molecule has 4 aromatic rings. The first-order valence-electron chi connectivity index (χ1n) is 17.5. The zero-order chi connectivity index (χ0) is 34.2. The number of pyridine rings is 1. The summed E-state index contributed by atoms with van der Waals surface area (Å²) in [6.07, 6.45) is 9.00. The standard InChI is InChI=1S/C41H47ClN2O5/c1-28(26-48-37-19-22-43-39-36(37)11-6-12-38(39)49-27-29-13-15-35(47-2)16-14-29)23-30-17-20-41(40(45)46,44-34-10-5-9-33(42)25-34)21-18-31-7-3-4-8-32(31)24-30/h3-5,7-10,13-16,19,22,25,28,30,38,44H,6,11-12,17-18,20-21,23-24,26-27H2,1-2H3,(H,45,46)/t28-,30+,38-,41+/m1/s1. The molecule has 1 aromatic heterocycles. The van der Waals surface area contributed by atoms with Gasteiger partial charge in [-0.25, -0.2) is 4.79 Å². The summed E-state index contributed by atoms with van der Waals surface area (Å²) in [4.78, 5) is 17.7. The number of halogens is 1. The number of carbonyl (C=O) groups is 1. The van der Waals surface area contributed by atoms with E-state index in [0.29, 0.717) is 43.4 Å². The fraction of sp³-hybridized carbons (Fsp3) is 0.415. The van der Waals surface area contributed by atoms with Crippen molar-refractivity contribution < 1.29 is 24.1 Å². The van der Waals surface area contributed by atoms with Crippen LogP contribution in [0.2, 0.25) is 5.02 Å². The van der Waals surface area contributed by atoms with Crippen LogP contribution in [0.3, 0.4) is 0 Å². The van der Waals surface area contributed by atoms with Crippen molar-refractivity contribution in [2.24, 2.45) is 11.8 Å². The Balaban J connectivity index is 1.12. The second-order valence-corrected chi connectivity index (χ2v) is 14.2. The summed E-state index contributed by atoms with van der Waals surface area (Å²) in [6.45, 7) is 3.33. The van der Waals surface area contributed by atoms with Crippen LogP contribution in [-0.4, -0.2) is 35.3 Å². The molecule has 0 saturated carbocycles. The van der Waals surface area contributed by atoms with Crippen molar-refractivity contribution in [1.29, 1.82) is 0 Å². The number of nitrogens with one attached hydrogen (secondary N) is 1. The summed E-state index contributed by atoms with van der Waals surface area (Å²) in [6, 6.07) is 25.8. The van der Waals surface area contributed by atoms with Crippen LogP contribution in [0.4, 0.5) is 5.69 Å². The first-order valence-corrected chi connectivity index (χ1v) is 17.9. The molecule has 0 fully saturated rings. The Morgan fingerprint density at radius 1 is 1.02 bits per heavy atom. The zero-order valence-electron chi connectivity index (χ0n) is 28.5. The van der Waals surface area contributed by atoms with E-state index in [1.807, 2.05) is 48.7 Å². The molecule has 1 heterocycles. The minimum absolute atomic E-state index is 0.0687. The Morgan fingerprint density at radius 2 is 1.84 bits per heavy atom. The topological polar surface area (TPSA) is 89.9 Å². The lowest BCUT2D eigenvalue weighted by Gasteiger charge is -2.33. The maximum Gasteiger partial charge on any atom is 0.329 e. The first kappa shape index (κ1) is 34.8. The smallest absolute Gasteiger partial charge is 0.329 e. The number of rotatable bonds is 12. The van der Waals surface area contributed by atoms with E-state index >= 15 is 0 Å². The van der Waals surface area contributed by atoms with Crippen molar-refractivity contribution in [2.45, 2.75) is 83.0 Å². The molecule has 8 heteroatoms. The summed E-state index contributed by atoms with van der Waals surface area (Å²) in [5, 5.41) is 14.6. The monoisotopic (exact) mass is 682 g/mol. The van der Waals surface area contributed by atoms with Crippen molar-refractivity contribution in [2.75, 3.05) is 19.0 Å². The molecule has 7 nitrogen and oxygen atoms in total. The van der Waals surface area contributed by atoms with Crippen LogP contribution >= 0.6 is 11.6 Å². The lowest BCUT2D eigenvalue weighted by molar-refractivity contribution is -0.143. The van der Waals surface area contributed by atoms with Crippen molar-refractivity contribution in [3.8, 4) is 11.5 Å². The predicted molar refractivity (Wildman–Crippen MR) is 194 cm³/mol. The molecule has 0 spiro atoms. The summed E-state index contributed by atoms with van der Waals surface area (Å²) in [7, 11) is 1.67. The zero-order valence-corrected chi connectivity index (χ0v) is 29.3. The number of fused-ring (bicyclic) bond motifs is 2. The summed E-state index contributed by atoms with van der Waals surface area (Å²) >= 11 is 6.27. The number of hydrogen-bond donors (Lipinski definition) is 2. The number of benzene rings is 3. The van der Waals surface area contributed by atoms with Gasteiger partial charge in [-0.15, -0.1) is 0 Å². The molecule has 6 rings (SSSR count). The van der Waals surface area contributed by atoms with Gasteiger partial charge in [-0.3, -0.25) is 4.98 Å². The van der Waals surface area contributed by atoms with E-state index in [0.717, 1.165) is 72.5 Å². The Labute approximate surface area is 295 Å². The highest BCUT2D eigenvalue weighted by Gasteiger charge is 2.39. The number of carboxylic acids is 1. The van der Waals surface area contributed by atoms with Crippen LogP contribution in [0.5, 0.6) is 11.5 Å². The van der Waals surface area contributed by atoms with Gasteiger partial charge in [0.15, 0.2) is 0 Å². The van der Waals surface area contributed by atoms with Crippen molar-refractivity contribution in [3.05, 3.63) is 118 Å². The Morgan fingerprint density at radius 3 is 2.61 bits per heavy atom. The quantitative estimate of drug-likeness (QED) is 0.154. The van der Waals surface area contributed by atoms with E-state index in [1.54, 1.807) is 19.2 Å². The van der Waals surface area contributed by atoms with Crippen LogP contribution < -0.4 is 14.8 Å². The average molecular weight is 683 g/mol. The number of aromatic nitrogens is 1. The molecular formula is C41H47ClN2O5. The summed E-state index contributed by atoms with van der Waals surface area (Å²) < 4.78 is 18.2. The number of aryl methyl sites for hydroxylation is 1. The molecule has 0 unspecified atom stereocenters. The molecule has 0 saturated heterocycles. The van der Waals surface area contributed by atoms with E-state index in [9.17, 15) is 9.90 Å². The van der Waals surface area contributed by atoms with Crippen LogP contribution in [0.1, 0.15) is 79.5 Å². The first-order chi connectivity index (χ1) is 23.8. The fourth-order valence-corrected chi connectivity index (χ4v) is 7.67. The highest BCUT2D eigenvalue weighted by Crippen LogP contribution is 2.38. The third-order valence-corrected chi connectivity index (χ3v) is 10.4. The van der Waals surface area contributed by atoms with Crippen molar-refractivity contribution in [3.63, 3.8) is 0 Å². The van der Waals surface area contributed by atoms with Gasteiger partial charge in [0, 0.05) is 22.5 Å². The average Bonchev–Trinajstić information content (AvgIpc) is 3.18. The predicted octanol–water partition coefficient (Wildman–Crippen LogP) is 9.26. The number of hydrogen-bond acceptors (Lipinski definition) is 6. The summed E-state index contributed by atoms with van der Waals surface area (Å²) in [5.74, 6) is 1.48. The lowest BCUT2D eigenvalue weighted by atomic mass is 9.82. The van der Waals surface area contributed by atoms with Gasteiger partial charge in [0.25, 0.3) is 0 Å². The highest BCUT2D eigenvalue weighted by atomic mass is 35.5. The van der Waals surface area contributed by atoms with Crippen LogP contribution in [0.15, 0.2) is 85.1 Å². The molecule has 2 N–H and O–H groups in total. The molecule has 2 aliphatic carbocycles. The Hall–Kier alpha value is -4.07. The van der Waals surface area contributed by atoms with Crippen molar-refractivity contribution in [1.82, 2.24) is 4.98 Å². The molecule has 0 bridgehead atoms. The minimum Gasteiger partial charge on any atom is -0.497 e. The van der Waals surface area contributed by atoms with Crippen LogP contribution in [-0.2, 0) is 35.4 Å². The molecule has 0 aliphatic heterocycles. The van der Waals surface area contributed by atoms with Gasteiger partial charge in [-0.1, -0.05) is 61.0 Å². The molecule has 2 aliphatic rings. The number of methoxy groups -OCH3 is 1. The van der Waals surface area contributed by atoms with Gasteiger partial charge in [-0.05, 0) is 123 Å². The van der Waals surface area contributed by atoms with Crippen molar-refractivity contribution >= 4 is 23.3 Å². The van der Waals surface area contributed by atoms with Gasteiger partial charge in [-0.2, -0.15) is 0 Å². The van der Waals surface area contributed by atoms with Gasteiger partial charge < -0.3 is 24.6 Å². The molecule has 0 amide bonds. The SMILES string of the molecule is COc1ccc(CO[C@@H]2CCCc3c(OC[C@H](C)C[C@@H]4CC[C@@](Nc5cccc(Cl)c5)(C(=O)O)CCc5ccccc5C4)ccnc32)cc1. The fourth-order valence-electron chi connectivity index (χ4n) is 7.48. The Bertz CT molecular complexity index is 1710. The van der Waals surface area contributed by atoms with E-state index in [4.69, 9.17) is 30.8 Å². The third-order valence-electron chi connectivity index (χ3n) is 10.2. The Kier molecular flexibility index (Phi) is 11.4. The maximum atomic E-state index is 13.0. The third kappa shape index (κ3) is 8.75. The maximum absolute atomic E-state index is 13.0. The molecule has 49 heavy (non-hydrogen) atoms. The largest absolute Gasteiger partial charge is 0.497 e. The van der Waals surface area contributed by atoms with Gasteiger partial charge in [0.2, 0.25) is 0 Å². The molecule has 0 radical (unpaired) electrons. The van der Waals surface area contributed by atoms with E-state index in [1.165, 1.54) is 11.1 Å². The van der Waals surface area contributed by atoms with Gasteiger partial charge >= 0.3 is 5.97 Å².